The fourth-order valence-corrected chi connectivity index (χ4v) is 1.66. The van der Waals surface area contributed by atoms with Gasteiger partial charge in [0.05, 0.1) is 0 Å². The molecule has 0 N–H and O–H groups in total. The van der Waals surface area contributed by atoms with Crippen LogP contribution in [0.25, 0.3) is 0 Å². The third kappa shape index (κ3) is 14.4. The number of unbranched alkanes of at least 4 members (excludes halogenated alkanes) is 2. The molecule has 0 fully saturated rings. The minimum Gasteiger partial charge on any atom is -0.103 e. The Balaban J connectivity index is 0.000000400. The smallest absolute Gasteiger partial charge is 0.00973 e. The number of hydrogen-bond acceptors (Lipinski definition) is 0. The maximum atomic E-state index is 3.65. The van der Waals surface area contributed by atoms with Gasteiger partial charge in [0.2, 0.25) is 0 Å². The Kier molecular flexibility index (Phi) is 14.8. The Morgan fingerprint density at radius 2 is 1.48 bits per heavy atom. The van der Waals surface area contributed by atoms with Crippen LogP contribution in [0.3, 0.4) is 0 Å². The highest BCUT2D eigenvalue weighted by molar-refractivity contribution is 5.17. The number of allylic oxidation sites excluding steroid dienone is 6. The van der Waals surface area contributed by atoms with Gasteiger partial charge in [0, 0.05) is 0 Å². The lowest BCUT2D eigenvalue weighted by Crippen LogP contribution is -1.77. The minimum atomic E-state index is 0.965. The normalized spacial score (nSPS) is 10.3. The van der Waals surface area contributed by atoms with Crippen LogP contribution in [-0.4, -0.2) is 0 Å². The molecule has 114 valence electrons. The van der Waals surface area contributed by atoms with Crippen LogP contribution in [0, 0.1) is 0 Å². The molecule has 1 rings (SSSR count). The van der Waals surface area contributed by atoms with E-state index in [1.807, 2.05) is 18.2 Å². The molecule has 0 heteroatoms. The summed E-state index contributed by atoms with van der Waals surface area (Å²) in [6, 6.07) is 10.4. The van der Waals surface area contributed by atoms with Crippen LogP contribution in [0.15, 0.2) is 79.9 Å². The molecule has 0 spiro atoms. The first-order chi connectivity index (χ1) is 10.3. The predicted octanol–water partition coefficient (Wildman–Crippen LogP) is 6.67. The molecule has 0 aromatic heterocycles. The third-order valence-electron chi connectivity index (χ3n) is 2.86. The lowest BCUT2D eigenvalue weighted by Gasteiger charge is -1.92. The fourth-order valence-electron chi connectivity index (χ4n) is 1.66. The molecule has 1 aromatic carbocycles. The van der Waals surface area contributed by atoms with E-state index in [1.165, 1.54) is 24.8 Å². The van der Waals surface area contributed by atoms with Crippen molar-refractivity contribution in [3.05, 3.63) is 85.5 Å². The van der Waals surface area contributed by atoms with E-state index in [-0.39, 0.29) is 0 Å². The van der Waals surface area contributed by atoms with Crippen LogP contribution in [0.5, 0.6) is 0 Å². The predicted molar refractivity (Wildman–Crippen MR) is 97.6 cm³/mol. The van der Waals surface area contributed by atoms with Gasteiger partial charge in [0.1, 0.15) is 0 Å². The van der Waals surface area contributed by atoms with Crippen molar-refractivity contribution < 1.29 is 0 Å². The van der Waals surface area contributed by atoms with Crippen molar-refractivity contribution in [2.24, 2.45) is 0 Å². The van der Waals surface area contributed by atoms with Crippen molar-refractivity contribution in [1.82, 2.24) is 0 Å². The van der Waals surface area contributed by atoms with Crippen molar-refractivity contribution in [2.75, 3.05) is 0 Å². The summed E-state index contributed by atoms with van der Waals surface area (Å²) in [5, 5.41) is 0. The lowest BCUT2D eigenvalue weighted by atomic mass is 10.1. The first-order valence-electron chi connectivity index (χ1n) is 7.90. The van der Waals surface area contributed by atoms with Gasteiger partial charge in [-0.25, -0.2) is 0 Å². The number of hydrogen-bond donors (Lipinski definition) is 0. The molecule has 1 aromatic rings. The van der Waals surface area contributed by atoms with Crippen LogP contribution >= 0.6 is 0 Å². The topological polar surface area (TPSA) is 0 Å². The van der Waals surface area contributed by atoms with Gasteiger partial charge < -0.3 is 0 Å². The highest BCUT2D eigenvalue weighted by atomic mass is 13.9. The zero-order chi connectivity index (χ0) is 15.6. The molecule has 0 nitrogen and oxygen atoms in total. The summed E-state index contributed by atoms with van der Waals surface area (Å²) in [6.07, 6.45) is 19.4. The Bertz CT molecular complexity index is 395. The average Bonchev–Trinajstić information content (AvgIpc) is 2.53. The van der Waals surface area contributed by atoms with Gasteiger partial charge in [0.15, 0.2) is 0 Å². The second-order valence-corrected chi connectivity index (χ2v) is 4.82. The third-order valence-corrected chi connectivity index (χ3v) is 2.86. The number of rotatable bonds is 9. The quantitative estimate of drug-likeness (QED) is 0.350. The molecule has 0 amide bonds. The van der Waals surface area contributed by atoms with Crippen molar-refractivity contribution in [1.29, 1.82) is 0 Å². The van der Waals surface area contributed by atoms with E-state index < -0.39 is 0 Å². The zero-order valence-electron chi connectivity index (χ0n) is 13.5. The molecule has 0 radical (unpaired) electrons. The van der Waals surface area contributed by atoms with Crippen LogP contribution in [0.4, 0.5) is 0 Å². The number of benzene rings is 1. The highest BCUT2D eigenvalue weighted by Crippen LogP contribution is 2.00. The van der Waals surface area contributed by atoms with Gasteiger partial charge in [0.25, 0.3) is 0 Å². The summed E-state index contributed by atoms with van der Waals surface area (Å²) < 4.78 is 0. The molecule has 0 saturated heterocycles. The first-order valence-corrected chi connectivity index (χ1v) is 7.90. The highest BCUT2D eigenvalue weighted by Gasteiger charge is 1.84. The summed E-state index contributed by atoms with van der Waals surface area (Å²) in [6.45, 7) is 9.49. The molecule has 21 heavy (non-hydrogen) atoms. The molecule has 0 unspecified atom stereocenters. The Morgan fingerprint density at radius 1 is 0.857 bits per heavy atom. The molecule has 0 aliphatic heterocycles. The summed E-state index contributed by atoms with van der Waals surface area (Å²) in [5.74, 6) is 0. The maximum absolute atomic E-state index is 3.65. The van der Waals surface area contributed by atoms with Crippen molar-refractivity contribution >= 4 is 0 Å². The van der Waals surface area contributed by atoms with E-state index in [1.54, 1.807) is 0 Å². The molecule has 0 bridgehead atoms. The molecular formula is C21H30. The molecular weight excluding hydrogens is 252 g/mol. The van der Waals surface area contributed by atoms with Gasteiger partial charge in [-0.3, -0.25) is 0 Å². The van der Waals surface area contributed by atoms with Gasteiger partial charge in [-0.1, -0.05) is 86.6 Å². The molecule has 0 atom stereocenters. The van der Waals surface area contributed by atoms with Crippen LogP contribution in [0.1, 0.15) is 44.6 Å². The van der Waals surface area contributed by atoms with Crippen molar-refractivity contribution in [3.63, 3.8) is 0 Å². The molecule has 0 heterocycles. The summed E-state index contributed by atoms with van der Waals surface area (Å²) in [7, 11) is 0. The van der Waals surface area contributed by atoms with E-state index in [9.17, 15) is 0 Å². The van der Waals surface area contributed by atoms with Crippen LogP contribution < -0.4 is 0 Å². The minimum absolute atomic E-state index is 0.965. The second kappa shape index (κ2) is 16.2. The zero-order valence-corrected chi connectivity index (χ0v) is 13.5. The molecule has 0 aliphatic carbocycles. The summed E-state index contributed by atoms with van der Waals surface area (Å²) in [5.41, 5.74) is 1.36. The SMILES string of the molecule is C=CC/C=C/CCCC.C=CCC=CCc1ccccc1. The molecule has 0 saturated carbocycles. The Morgan fingerprint density at radius 3 is 2.05 bits per heavy atom. The average molecular weight is 282 g/mol. The van der Waals surface area contributed by atoms with E-state index in [0.717, 1.165) is 19.3 Å². The van der Waals surface area contributed by atoms with E-state index in [2.05, 4.69) is 68.7 Å². The monoisotopic (exact) mass is 282 g/mol. The van der Waals surface area contributed by atoms with Crippen molar-refractivity contribution in [2.45, 2.75) is 45.4 Å². The van der Waals surface area contributed by atoms with Crippen molar-refractivity contribution in [3.8, 4) is 0 Å². The summed E-state index contributed by atoms with van der Waals surface area (Å²) in [4.78, 5) is 0. The van der Waals surface area contributed by atoms with Gasteiger partial charge in [-0.2, -0.15) is 0 Å². The maximum Gasteiger partial charge on any atom is -0.00973 e. The van der Waals surface area contributed by atoms with E-state index in [0.29, 0.717) is 0 Å². The Labute approximate surface area is 131 Å². The van der Waals surface area contributed by atoms with Gasteiger partial charge >= 0.3 is 0 Å². The lowest BCUT2D eigenvalue weighted by molar-refractivity contribution is 0.813. The Hall–Kier alpha value is -1.82. The second-order valence-electron chi connectivity index (χ2n) is 4.82. The molecule has 0 aliphatic rings. The first kappa shape index (κ1) is 19.2. The fraction of sp³-hybridized carbons (Fsp3) is 0.333. The standard InChI is InChI=1S/C12H14.C9H16/c1-2-3-4-6-9-12-10-7-5-8-11-12;1-3-5-7-9-8-6-4-2/h2,4-8,10-11H,1,3,9H2;3,7,9H,1,4-6,8H2,2H3/b;9-7+. The van der Waals surface area contributed by atoms with E-state index in [4.69, 9.17) is 0 Å². The van der Waals surface area contributed by atoms with Gasteiger partial charge in [-0.05, 0) is 31.2 Å². The van der Waals surface area contributed by atoms with Crippen LogP contribution in [-0.2, 0) is 6.42 Å². The summed E-state index contributed by atoms with van der Waals surface area (Å²) >= 11 is 0. The van der Waals surface area contributed by atoms with Crippen LogP contribution in [0.2, 0.25) is 0 Å². The largest absolute Gasteiger partial charge is 0.103 e. The van der Waals surface area contributed by atoms with E-state index >= 15 is 0 Å². The van der Waals surface area contributed by atoms with Gasteiger partial charge in [-0.15, -0.1) is 13.2 Å².